The summed E-state index contributed by atoms with van der Waals surface area (Å²) in [5, 5.41) is 8.71. The molecule has 9 rings (SSSR count). The van der Waals surface area contributed by atoms with Crippen molar-refractivity contribution in [2.24, 2.45) is 10.8 Å². The number of esters is 2. The number of ether oxygens (including phenoxy) is 6. The van der Waals surface area contributed by atoms with Crippen LogP contribution >= 0.6 is 11.6 Å². The Bertz CT molecular complexity index is 3690. The quantitative estimate of drug-likeness (QED) is 0.0236. The Morgan fingerprint density at radius 1 is 0.622 bits per heavy atom. The van der Waals surface area contributed by atoms with Gasteiger partial charge in [-0.2, -0.15) is 9.97 Å². The number of halogens is 1. The van der Waals surface area contributed by atoms with Crippen molar-refractivity contribution in [3.05, 3.63) is 77.5 Å². The molecule has 0 spiro atoms. The summed E-state index contributed by atoms with van der Waals surface area (Å²) in [5.41, 5.74) is 3.55. The van der Waals surface area contributed by atoms with E-state index in [4.69, 9.17) is 49.3 Å². The topological polar surface area (TPSA) is 289 Å². The number of rotatable bonds is 24. The normalized spacial score (nSPS) is 16.5. The SMILES string of the molecule is COC(=O)C1(COc2cc(C)c(-c3ccc(-c4nc(S(C)(=O)=O)n(COCC[Si](C)(C)C)n4)cn3)cn2)CCC1.COC(=O)C1(COc2cc(C)c(B3OC(C)(C)C(C)(C)O3)cn2)CCC1.C[Si](C)(C)CCOCn1nc(-c2ccc(Cl)nc2)nc1S(C)(=O)=O. The summed E-state index contributed by atoms with van der Waals surface area (Å²) in [5.74, 6) is 1.01. The lowest BCUT2D eigenvalue weighted by Crippen LogP contribution is -2.44. The van der Waals surface area contributed by atoms with E-state index in [9.17, 15) is 26.4 Å². The lowest BCUT2D eigenvalue weighted by atomic mass is 9.69. The van der Waals surface area contributed by atoms with Gasteiger partial charge in [-0.05, 0) is 115 Å². The molecule has 0 aromatic carbocycles. The first-order valence-electron chi connectivity index (χ1n) is 29.7. The highest BCUT2D eigenvalue weighted by atomic mass is 35.5. The second-order valence-electron chi connectivity index (χ2n) is 26.6. The van der Waals surface area contributed by atoms with Gasteiger partial charge in [-0.15, -0.1) is 10.2 Å². The standard InChI is InChI=1S/C27H37N5O6SSi.C19H28BNO5.C14H21ClN4O3SSi/c1-19-14-23(38-17-27(10-7-11-27)25(33)36-2)29-16-21(19)22-9-8-20(15-28-22)24-30-26(39(3,34)35)32(31-24)18-37-12-13-40(4,5)6;1-13-10-15(24-12-19(8-7-9-19)16(22)23-6)21-11-14(13)20-25-17(2,3)18(4,5)26-20;1-23(20,21)14-17-13(11-5-6-12(15)16-9-11)18-19(14)10-22-7-8-24(2,3)4/h8-9,14-16H,7,10-13,17-18H2,1-6H3;10-11H,7-9,12H2,1-6H3;5-6,9H,7-8,10H2,1-4H3. The Morgan fingerprint density at radius 3 is 1.41 bits per heavy atom. The highest BCUT2D eigenvalue weighted by Crippen LogP contribution is 2.44. The van der Waals surface area contributed by atoms with Crippen LogP contribution in [0.2, 0.25) is 56.5 Å². The lowest BCUT2D eigenvalue weighted by molar-refractivity contribution is -0.162. The van der Waals surface area contributed by atoms with Crippen LogP contribution in [0, 0.1) is 24.7 Å². The van der Waals surface area contributed by atoms with E-state index < -0.39 is 65.0 Å². The van der Waals surface area contributed by atoms with Crippen LogP contribution in [0.4, 0.5) is 0 Å². The van der Waals surface area contributed by atoms with Crippen LogP contribution in [0.15, 0.2) is 71.5 Å². The lowest BCUT2D eigenvalue weighted by Gasteiger charge is -2.38. The fourth-order valence-corrected chi connectivity index (χ4v) is 12.5. The third-order valence-corrected chi connectivity index (χ3v) is 21.8. The summed E-state index contributed by atoms with van der Waals surface area (Å²) in [6, 6.07) is 12.5. The average molecular weight is 1340 g/mol. The summed E-state index contributed by atoms with van der Waals surface area (Å²) < 4.78 is 96.2. The van der Waals surface area contributed by atoms with Crippen molar-refractivity contribution in [2.45, 2.75) is 166 Å². The first-order chi connectivity index (χ1) is 42.0. The first-order valence-corrected chi connectivity index (χ1v) is 41.3. The molecule has 2 saturated carbocycles. The molecular weight excluding hydrogens is 1250 g/mol. The van der Waals surface area contributed by atoms with Gasteiger partial charge >= 0.3 is 19.1 Å². The summed E-state index contributed by atoms with van der Waals surface area (Å²) in [7, 11) is -7.25. The predicted octanol–water partition coefficient (Wildman–Crippen LogP) is 9.27. The zero-order valence-electron chi connectivity index (χ0n) is 54.6. The smallest absolute Gasteiger partial charge is 0.476 e. The molecule has 0 bridgehead atoms. The number of nitrogens with zero attached hydrogens (tertiary/aromatic N) is 10. The Morgan fingerprint density at radius 2 is 1.06 bits per heavy atom. The van der Waals surface area contributed by atoms with Gasteiger partial charge in [-0.3, -0.25) is 14.6 Å². The minimum Gasteiger partial charge on any atom is -0.476 e. The van der Waals surface area contributed by atoms with Crippen molar-refractivity contribution in [2.75, 3.05) is 53.2 Å². The molecule has 0 N–H and O–H groups in total. The van der Waals surface area contributed by atoms with Gasteiger partial charge in [0, 0.05) is 101 Å². The van der Waals surface area contributed by atoms with Gasteiger partial charge in [0.2, 0.25) is 41.7 Å². The Labute approximate surface area is 536 Å². The van der Waals surface area contributed by atoms with E-state index in [0.29, 0.717) is 53.6 Å². The number of aromatic nitrogens is 10. The summed E-state index contributed by atoms with van der Waals surface area (Å²) >= 11 is 5.76. The number of sulfone groups is 2. The molecule has 24 nitrogen and oxygen atoms in total. The van der Waals surface area contributed by atoms with E-state index in [1.807, 2.05) is 59.7 Å². The number of methoxy groups -OCH3 is 2. The van der Waals surface area contributed by atoms with Gasteiger partial charge in [-0.25, -0.2) is 41.2 Å². The molecule has 490 valence electrons. The number of hydrogen-bond donors (Lipinski definition) is 0. The van der Waals surface area contributed by atoms with E-state index in [2.05, 4.69) is 79.4 Å². The molecule has 7 heterocycles. The third kappa shape index (κ3) is 18.4. The fraction of sp³-hybridized carbons (Fsp3) is 0.567. The number of pyridine rings is 4. The Kier molecular flexibility index (Phi) is 22.9. The average Bonchev–Trinajstić information content (AvgIpc) is 1.55. The monoisotopic (exact) mass is 1340 g/mol. The zero-order chi connectivity index (χ0) is 66.3. The van der Waals surface area contributed by atoms with Crippen molar-refractivity contribution in [3.63, 3.8) is 0 Å². The Hall–Kier alpha value is -6.05. The van der Waals surface area contributed by atoms with Crippen LogP contribution in [-0.4, -0.2) is 166 Å². The molecule has 1 saturated heterocycles. The maximum atomic E-state index is 12.3. The maximum absolute atomic E-state index is 12.3. The number of carbonyl (C=O) groups excluding carboxylic acids is 2. The van der Waals surface area contributed by atoms with Gasteiger partial charge < -0.3 is 37.7 Å². The summed E-state index contributed by atoms with van der Waals surface area (Å²) in [6.45, 7) is 27.2. The maximum Gasteiger partial charge on any atom is 0.496 e. The van der Waals surface area contributed by atoms with Crippen molar-refractivity contribution >= 4 is 71.9 Å². The van der Waals surface area contributed by atoms with E-state index in [0.717, 1.165) is 85.3 Å². The van der Waals surface area contributed by atoms with Gasteiger partial charge in [0.05, 0.1) is 31.1 Å². The fourth-order valence-electron chi connectivity index (χ4n) is 9.46. The second kappa shape index (κ2) is 28.9. The van der Waals surface area contributed by atoms with E-state index >= 15 is 0 Å². The molecule has 6 aromatic heterocycles. The van der Waals surface area contributed by atoms with Crippen molar-refractivity contribution in [3.8, 4) is 45.8 Å². The molecule has 3 fully saturated rings. The van der Waals surface area contributed by atoms with E-state index in [1.54, 1.807) is 36.8 Å². The van der Waals surface area contributed by atoms with Gasteiger partial charge in [0.15, 0.2) is 11.6 Å². The second-order valence-corrected chi connectivity index (χ2v) is 42.1. The van der Waals surface area contributed by atoms with Crippen LogP contribution in [0.3, 0.4) is 0 Å². The van der Waals surface area contributed by atoms with Gasteiger partial charge in [-0.1, -0.05) is 63.7 Å². The van der Waals surface area contributed by atoms with Gasteiger partial charge in [0.1, 0.15) is 42.7 Å². The molecule has 30 heteroatoms. The third-order valence-electron chi connectivity index (χ3n) is 16.2. The van der Waals surface area contributed by atoms with Crippen LogP contribution < -0.4 is 14.9 Å². The predicted molar refractivity (Wildman–Crippen MR) is 346 cm³/mol. The molecule has 3 aliphatic rings. The number of hydrogen-bond acceptors (Lipinski definition) is 22. The van der Waals surface area contributed by atoms with Gasteiger partial charge in [0.25, 0.3) is 0 Å². The molecule has 0 amide bonds. The molecule has 90 heavy (non-hydrogen) atoms. The van der Waals surface area contributed by atoms with Crippen LogP contribution in [0.5, 0.6) is 11.8 Å². The zero-order valence-corrected chi connectivity index (χ0v) is 59.0. The molecule has 2 aliphatic carbocycles. The molecule has 1 aliphatic heterocycles. The molecule has 0 atom stereocenters. The summed E-state index contributed by atoms with van der Waals surface area (Å²) in [6.07, 6.45) is 13.8. The van der Waals surface area contributed by atoms with E-state index in [-0.39, 0.29) is 54.0 Å². The number of aryl methyl sites for hydroxylation is 2. The summed E-state index contributed by atoms with van der Waals surface area (Å²) in [4.78, 5) is 49.9. The van der Waals surface area contributed by atoms with Crippen LogP contribution in [-0.2, 0) is 71.0 Å². The highest BCUT2D eigenvalue weighted by Gasteiger charge is 2.52. The highest BCUT2D eigenvalue weighted by molar-refractivity contribution is 7.90. The van der Waals surface area contributed by atoms with Crippen LogP contribution in [0.1, 0.15) is 77.3 Å². The van der Waals surface area contributed by atoms with Crippen molar-refractivity contribution in [1.82, 2.24) is 49.5 Å². The minimum atomic E-state index is -3.61. The first kappa shape index (κ1) is 71.4. The van der Waals surface area contributed by atoms with E-state index in [1.165, 1.54) is 29.8 Å². The molecular formula is C60H86BClN10O14S2Si2. The van der Waals surface area contributed by atoms with Crippen molar-refractivity contribution in [1.29, 1.82) is 0 Å². The van der Waals surface area contributed by atoms with Crippen LogP contribution in [0.25, 0.3) is 34.0 Å². The molecule has 6 aromatic rings. The minimum absolute atomic E-state index is 0.00539. The number of carbonyl (C=O) groups is 2. The largest absolute Gasteiger partial charge is 0.496 e. The molecule has 0 unspecified atom stereocenters. The van der Waals surface area contributed by atoms with Crippen molar-refractivity contribution < 1.29 is 64.2 Å². The Balaban J connectivity index is 0.000000201. The molecule has 0 radical (unpaired) electrons.